The summed E-state index contributed by atoms with van der Waals surface area (Å²) in [5, 5.41) is 2.97. The molecule has 150 valence electrons. The largest absolute Gasteiger partial charge is 0.354 e. The van der Waals surface area contributed by atoms with E-state index in [9.17, 15) is 9.59 Å². The fourth-order valence-electron chi connectivity index (χ4n) is 3.66. The smallest absolute Gasteiger partial charge is 0.252 e. The van der Waals surface area contributed by atoms with Crippen LogP contribution >= 0.6 is 11.8 Å². The number of imidazole rings is 1. The zero-order chi connectivity index (χ0) is 20.4. The fraction of sp³-hybridized carbons (Fsp3) is 0.318. The third-order valence-corrected chi connectivity index (χ3v) is 6.60. The van der Waals surface area contributed by atoms with E-state index in [-0.39, 0.29) is 11.8 Å². The number of benzene rings is 2. The van der Waals surface area contributed by atoms with E-state index >= 15 is 0 Å². The topological polar surface area (TPSA) is 67.2 Å². The summed E-state index contributed by atoms with van der Waals surface area (Å²) in [5.74, 6) is -0.405. The van der Waals surface area contributed by atoms with Crippen molar-refractivity contribution in [3.05, 3.63) is 54.9 Å². The first-order chi connectivity index (χ1) is 14.0. The highest BCUT2D eigenvalue weighted by molar-refractivity contribution is 8.02. The van der Waals surface area contributed by atoms with Gasteiger partial charge < -0.3 is 14.8 Å². The SMILES string of the molecule is CCN1C(=O)C(C)(C(=O)NCCCn2cnc3ccccc32)Sc2ccccc21. The minimum Gasteiger partial charge on any atom is -0.354 e. The van der Waals surface area contributed by atoms with Gasteiger partial charge in [-0.1, -0.05) is 36.0 Å². The third-order valence-electron chi connectivity index (χ3n) is 5.26. The number of nitrogens with one attached hydrogen (secondary N) is 1. The Bertz CT molecular complexity index is 1060. The molecule has 1 N–H and O–H groups in total. The van der Waals surface area contributed by atoms with Crippen molar-refractivity contribution in [3.8, 4) is 0 Å². The van der Waals surface area contributed by atoms with E-state index in [2.05, 4.69) is 14.9 Å². The van der Waals surface area contributed by atoms with Crippen molar-refractivity contribution in [2.75, 3.05) is 18.0 Å². The number of carbonyl (C=O) groups is 2. The number of hydrogen-bond acceptors (Lipinski definition) is 4. The lowest BCUT2D eigenvalue weighted by molar-refractivity contribution is -0.131. The van der Waals surface area contributed by atoms with E-state index < -0.39 is 4.75 Å². The highest BCUT2D eigenvalue weighted by atomic mass is 32.2. The second-order valence-electron chi connectivity index (χ2n) is 7.19. The van der Waals surface area contributed by atoms with Crippen LogP contribution in [0.5, 0.6) is 0 Å². The second kappa shape index (κ2) is 7.91. The van der Waals surface area contributed by atoms with Gasteiger partial charge in [-0.2, -0.15) is 0 Å². The number of carbonyl (C=O) groups excluding carboxylic acids is 2. The summed E-state index contributed by atoms with van der Waals surface area (Å²) in [6, 6.07) is 15.7. The van der Waals surface area contributed by atoms with Crippen molar-refractivity contribution < 1.29 is 9.59 Å². The zero-order valence-corrected chi connectivity index (χ0v) is 17.4. The molecule has 2 amide bonds. The summed E-state index contributed by atoms with van der Waals surface area (Å²) in [7, 11) is 0. The molecule has 2 heterocycles. The van der Waals surface area contributed by atoms with Crippen molar-refractivity contribution in [1.82, 2.24) is 14.9 Å². The number of rotatable bonds is 6. The number of aryl methyl sites for hydroxylation is 1. The molecule has 0 bridgehead atoms. The predicted molar refractivity (Wildman–Crippen MR) is 116 cm³/mol. The molecule has 2 aromatic carbocycles. The van der Waals surface area contributed by atoms with Gasteiger partial charge in [0.1, 0.15) is 0 Å². The first-order valence-electron chi connectivity index (χ1n) is 9.83. The molecule has 7 heteroatoms. The maximum atomic E-state index is 13.1. The number of amides is 2. The summed E-state index contributed by atoms with van der Waals surface area (Å²) in [6.45, 7) is 5.44. The average molecular weight is 409 g/mol. The third kappa shape index (κ3) is 3.51. The summed E-state index contributed by atoms with van der Waals surface area (Å²) < 4.78 is 0.921. The first kappa shape index (κ1) is 19.5. The standard InChI is InChI=1S/C22H24N4O2S/c1-3-26-18-11-6-7-12-19(18)29-22(2,21(26)28)20(27)23-13-8-14-25-15-24-16-9-4-5-10-17(16)25/h4-7,9-12,15H,3,8,13-14H2,1-2H3,(H,23,27). The normalized spacial score (nSPS) is 18.7. The van der Waals surface area contributed by atoms with Crippen LogP contribution in [0.1, 0.15) is 20.3 Å². The van der Waals surface area contributed by atoms with Crippen LogP contribution in [0.4, 0.5) is 5.69 Å². The molecule has 0 saturated carbocycles. The Hall–Kier alpha value is -2.80. The van der Waals surface area contributed by atoms with Crippen molar-refractivity contribution in [2.45, 2.75) is 36.5 Å². The molecule has 1 aliphatic heterocycles. The maximum Gasteiger partial charge on any atom is 0.252 e. The molecule has 0 radical (unpaired) electrons. The van der Waals surface area contributed by atoms with Gasteiger partial charge in [0.2, 0.25) is 5.91 Å². The highest BCUT2D eigenvalue weighted by Crippen LogP contribution is 2.45. The monoisotopic (exact) mass is 408 g/mol. The molecule has 4 rings (SSSR count). The minimum atomic E-state index is -1.16. The van der Waals surface area contributed by atoms with Crippen LogP contribution in [0.3, 0.4) is 0 Å². The quantitative estimate of drug-likeness (QED) is 0.501. The summed E-state index contributed by atoms with van der Waals surface area (Å²) >= 11 is 1.33. The Labute approximate surface area is 174 Å². The van der Waals surface area contributed by atoms with Crippen LogP contribution in [0, 0.1) is 0 Å². The molecule has 0 saturated heterocycles. The molecule has 0 fully saturated rings. The number of fused-ring (bicyclic) bond motifs is 2. The summed E-state index contributed by atoms with van der Waals surface area (Å²) in [5.41, 5.74) is 2.92. The van der Waals surface area contributed by atoms with E-state index in [0.29, 0.717) is 13.1 Å². The molecule has 3 aromatic rings. The van der Waals surface area contributed by atoms with Crippen molar-refractivity contribution in [3.63, 3.8) is 0 Å². The van der Waals surface area contributed by atoms with Gasteiger partial charge in [0.15, 0.2) is 4.75 Å². The van der Waals surface area contributed by atoms with Gasteiger partial charge in [-0.25, -0.2) is 4.98 Å². The Morgan fingerprint density at radius 3 is 2.76 bits per heavy atom. The van der Waals surface area contributed by atoms with Gasteiger partial charge >= 0.3 is 0 Å². The Balaban J connectivity index is 1.41. The lowest BCUT2D eigenvalue weighted by atomic mass is 10.1. The van der Waals surface area contributed by atoms with Crippen LogP contribution < -0.4 is 10.2 Å². The lowest BCUT2D eigenvalue weighted by Gasteiger charge is -2.38. The molecule has 0 spiro atoms. The van der Waals surface area contributed by atoms with Crippen LogP contribution in [-0.4, -0.2) is 39.2 Å². The predicted octanol–water partition coefficient (Wildman–Crippen LogP) is 3.46. The number of para-hydroxylation sites is 3. The van der Waals surface area contributed by atoms with E-state index in [1.54, 1.807) is 11.8 Å². The first-order valence-corrected chi connectivity index (χ1v) is 10.6. The number of aromatic nitrogens is 2. The maximum absolute atomic E-state index is 13.1. The number of nitrogens with zero attached hydrogens (tertiary/aromatic N) is 3. The van der Waals surface area contributed by atoms with Crippen molar-refractivity contribution in [2.24, 2.45) is 0 Å². The number of thioether (sulfide) groups is 1. The summed E-state index contributed by atoms with van der Waals surface area (Å²) in [6.07, 6.45) is 2.58. The van der Waals surface area contributed by atoms with Crippen LogP contribution in [0.15, 0.2) is 59.8 Å². The van der Waals surface area contributed by atoms with Crippen LogP contribution in [0.25, 0.3) is 11.0 Å². The molecule has 1 atom stereocenters. The highest BCUT2D eigenvalue weighted by Gasteiger charge is 2.48. The average Bonchev–Trinajstić information content (AvgIpc) is 3.15. The zero-order valence-electron chi connectivity index (χ0n) is 16.6. The Morgan fingerprint density at radius 2 is 1.93 bits per heavy atom. The number of hydrogen-bond donors (Lipinski definition) is 1. The minimum absolute atomic E-state index is 0.165. The molecule has 1 unspecified atom stereocenters. The molecule has 1 aromatic heterocycles. The van der Waals surface area contributed by atoms with Gasteiger partial charge in [0, 0.05) is 24.5 Å². The Morgan fingerprint density at radius 1 is 1.17 bits per heavy atom. The molecule has 0 aliphatic carbocycles. The molecule has 6 nitrogen and oxygen atoms in total. The lowest BCUT2D eigenvalue weighted by Crippen LogP contribution is -2.56. The van der Waals surface area contributed by atoms with Crippen LogP contribution in [-0.2, 0) is 16.1 Å². The Kier molecular flexibility index (Phi) is 5.32. The fourth-order valence-corrected chi connectivity index (χ4v) is 4.89. The molecule has 1 aliphatic rings. The second-order valence-corrected chi connectivity index (χ2v) is 8.65. The molecule has 29 heavy (non-hydrogen) atoms. The van der Waals surface area contributed by atoms with E-state index in [4.69, 9.17) is 0 Å². The summed E-state index contributed by atoms with van der Waals surface area (Å²) in [4.78, 5) is 33.1. The van der Waals surface area contributed by atoms with Gasteiger partial charge in [0.25, 0.3) is 5.91 Å². The van der Waals surface area contributed by atoms with Crippen molar-refractivity contribution >= 4 is 40.3 Å². The molecular formula is C22H24N4O2S. The number of anilines is 1. The van der Waals surface area contributed by atoms with Crippen molar-refractivity contribution in [1.29, 1.82) is 0 Å². The van der Waals surface area contributed by atoms with Gasteiger partial charge in [-0.3, -0.25) is 9.59 Å². The van der Waals surface area contributed by atoms with Gasteiger partial charge in [-0.15, -0.1) is 0 Å². The van der Waals surface area contributed by atoms with Gasteiger partial charge in [0.05, 0.1) is 23.0 Å². The van der Waals surface area contributed by atoms with Gasteiger partial charge in [-0.05, 0) is 44.5 Å². The molecular weight excluding hydrogens is 384 g/mol. The van der Waals surface area contributed by atoms with E-state index in [1.165, 1.54) is 11.8 Å². The van der Waals surface area contributed by atoms with E-state index in [0.717, 1.165) is 34.6 Å². The van der Waals surface area contributed by atoms with E-state index in [1.807, 2.05) is 61.8 Å². The van der Waals surface area contributed by atoms with Crippen LogP contribution in [0.2, 0.25) is 0 Å².